The number of nitrogens with one attached hydrogen (secondary N) is 2. The molecule has 19 heavy (non-hydrogen) atoms. The van der Waals surface area contributed by atoms with Crippen molar-refractivity contribution >= 4 is 29.0 Å². The molecule has 0 aliphatic heterocycles. The van der Waals surface area contributed by atoms with Crippen molar-refractivity contribution in [3.63, 3.8) is 0 Å². The fourth-order valence-electron chi connectivity index (χ4n) is 2.23. The van der Waals surface area contributed by atoms with E-state index in [1.54, 1.807) is 6.82 Å². The summed E-state index contributed by atoms with van der Waals surface area (Å²) in [6.45, 7) is 3.22. The minimum Gasteiger partial charge on any atom is -0.369 e. The first-order chi connectivity index (χ1) is 9.32. The minimum atomic E-state index is -3.36. The third kappa shape index (κ3) is 4.50. The van der Waals surface area contributed by atoms with Crippen LogP contribution in [0.15, 0.2) is 0 Å². The van der Waals surface area contributed by atoms with Gasteiger partial charge in [0.15, 0.2) is 7.22 Å². The predicted octanol–water partition coefficient (Wildman–Crippen LogP) is -1.25. The van der Waals surface area contributed by atoms with Crippen molar-refractivity contribution in [1.82, 2.24) is 10.0 Å². The summed E-state index contributed by atoms with van der Waals surface area (Å²) in [7, 11) is -3.07. The predicted molar refractivity (Wildman–Crippen MR) is 73.6 cm³/mol. The summed E-state index contributed by atoms with van der Waals surface area (Å²) in [5.41, 5.74) is 1.81. The van der Waals surface area contributed by atoms with Gasteiger partial charge in [0, 0.05) is 12.1 Å². The van der Waals surface area contributed by atoms with E-state index in [1.165, 1.54) is 6.92 Å². The zero-order valence-electron chi connectivity index (χ0n) is 12.1. The Labute approximate surface area is 115 Å². The number of primary amides is 1. The number of carbonyl (C=O) groups excluding carboxylic acids is 2. The van der Waals surface area contributed by atoms with Gasteiger partial charge in [-0.25, -0.2) is 13.1 Å². The Bertz CT molecular complexity index is 473. The maximum absolute atomic E-state index is 11.6. The molecule has 0 saturated heterocycles. The van der Waals surface area contributed by atoms with Gasteiger partial charge in [0.05, 0.1) is 11.7 Å². The van der Waals surface area contributed by atoms with Gasteiger partial charge in [-0.2, -0.15) is 0 Å². The fourth-order valence-corrected chi connectivity index (χ4v) is 3.10. The largest absolute Gasteiger partial charge is 0.369 e. The number of hydrogen-bond donors (Lipinski definition) is 3. The Morgan fingerprint density at radius 1 is 1.47 bits per heavy atom. The van der Waals surface area contributed by atoms with E-state index in [0.717, 1.165) is 0 Å². The molecule has 0 radical (unpaired) electrons. The van der Waals surface area contributed by atoms with E-state index in [1.807, 2.05) is 5.73 Å². The molecule has 108 valence electrons. The third-order valence-corrected chi connectivity index (χ3v) is 4.75. The fraction of sp³-hybridized carbons (Fsp3) is 0.800. The van der Waals surface area contributed by atoms with Gasteiger partial charge in [-0.3, -0.25) is 9.59 Å². The second kappa shape index (κ2) is 6.38. The van der Waals surface area contributed by atoms with E-state index in [2.05, 4.69) is 10.0 Å². The highest BCUT2D eigenvalue weighted by atomic mass is 32.2. The highest BCUT2D eigenvalue weighted by molar-refractivity contribution is 7.89. The van der Waals surface area contributed by atoms with E-state index >= 15 is 0 Å². The lowest BCUT2D eigenvalue weighted by atomic mass is 9.81. The molecule has 0 spiro atoms. The molecule has 1 unspecified atom stereocenters. The Morgan fingerprint density at radius 2 is 2.16 bits per heavy atom. The summed E-state index contributed by atoms with van der Waals surface area (Å²) in [5.74, 6) is -1.33. The number of amides is 2. The van der Waals surface area contributed by atoms with Crippen molar-refractivity contribution in [1.29, 1.82) is 0 Å². The van der Waals surface area contributed by atoms with Gasteiger partial charge in [0.25, 0.3) is 0 Å². The molecular formula is C10H20BN3O4S. The lowest BCUT2D eigenvalue weighted by Crippen LogP contribution is -2.43. The van der Waals surface area contributed by atoms with Gasteiger partial charge in [0.2, 0.25) is 23.2 Å². The Morgan fingerprint density at radius 3 is 2.68 bits per heavy atom. The van der Waals surface area contributed by atoms with Gasteiger partial charge < -0.3 is 11.0 Å². The quantitative estimate of drug-likeness (QED) is 0.530. The smallest absolute Gasteiger partial charge is 0.230 e. The summed E-state index contributed by atoms with van der Waals surface area (Å²) in [6.07, 6.45) is 0.627. The second-order valence-electron chi connectivity index (χ2n) is 4.69. The maximum atomic E-state index is 11.6. The van der Waals surface area contributed by atoms with Crippen molar-refractivity contribution in [2.45, 2.75) is 38.7 Å². The molecule has 0 heterocycles. The molecule has 0 aromatic rings. The molecule has 1 fully saturated rings. The Balaban J connectivity index is 2.77. The van der Waals surface area contributed by atoms with Crippen LogP contribution >= 0.6 is 0 Å². The van der Waals surface area contributed by atoms with Crippen LogP contribution in [0.2, 0.25) is 8.23 Å². The molecule has 0 aromatic carbocycles. The van der Waals surface area contributed by atoms with E-state index in [9.17, 15) is 18.0 Å². The normalized spacial score (nSPS) is 27.5. The van der Waals surface area contributed by atoms with E-state index in [0.29, 0.717) is 6.42 Å². The number of carbonyl (C=O) groups is 2. The Hall–Kier alpha value is -1.09. The van der Waals surface area contributed by atoms with Crippen LogP contribution in [0.25, 0.3) is 0 Å². The van der Waals surface area contributed by atoms with E-state index < -0.39 is 33.9 Å². The van der Waals surface area contributed by atoms with Crippen molar-refractivity contribution < 1.29 is 19.4 Å². The summed E-state index contributed by atoms with van der Waals surface area (Å²) >= 11 is 0. The summed E-state index contributed by atoms with van der Waals surface area (Å²) in [5, 5.41) is 2.71. The van der Waals surface area contributed by atoms with E-state index in [-0.39, 0.29) is 25.3 Å². The summed E-state index contributed by atoms with van der Waals surface area (Å²) in [6, 6.07) is -0.846. The molecule has 9 heteroatoms. The highest BCUT2D eigenvalue weighted by Gasteiger charge is 2.39. The number of hydrogen-bond acceptors (Lipinski definition) is 4. The van der Waals surface area contributed by atoms with Crippen LogP contribution in [-0.2, 0) is 14.8 Å². The first-order valence-electron chi connectivity index (χ1n) is 6.83. The molecule has 0 bridgehead atoms. The minimum absolute atomic E-state index is 0.0369. The third-order valence-electron chi connectivity index (χ3n) is 3.29. The second-order valence-corrected chi connectivity index (χ2v) is 6.73. The topological polar surface area (TPSA) is 118 Å². The average molecular weight is 290 g/mol. The van der Waals surface area contributed by atoms with Crippen LogP contribution in [-0.4, -0.2) is 45.2 Å². The van der Waals surface area contributed by atoms with Crippen LogP contribution < -0.4 is 15.8 Å². The zero-order chi connectivity index (χ0) is 15.3. The van der Waals surface area contributed by atoms with Gasteiger partial charge in [-0.1, -0.05) is 6.82 Å². The molecule has 1 saturated carbocycles. The summed E-state index contributed by atoms with van der Waals surface area (Å²) < 4.78 is 32.5. The molecule has 1 aliphatic rings. The van der Waals surface area contributed by atoms with Crippen molar-refractivity contribution in [2.75, 3.05) is 5.75 Å². The molecule has 1 aliphatic carbocycles. The first-order valence-corrected chi connectivity index (χ1v) is 7.99. The first kappa shape index (κ1) is 14.3. The Kier molecular flexibility index (Phi) is 4.81. The van der Waals surface area contributed by atoms with Gasteiger partial charge in [-0.05, 0) is 19.8 Å². The van der Waals surface area contributed by atoms with Crippen LogP contribution in [0.1, 0.15) is 19.8 Å². The highest BCUT2D eigenvalue weighted by Crippen LogP contribution is 2.26. The zero-order valence-corrected chi connectivity index (χ0v) is 11.9. The average Bonchev–Trinajstić information content (AvgIpc) is 2.79. The lowest BCUT2D eigenvalue weighted by Gasteiger charge is -2.17. The molecule has 2 amide bonds. The molecule has 7 nitrogen and oxygen atoms in total. The SMILES string of the molecule is [2H]NC(=O)[C@H]1CC(NS(=O)(=O)CC)C[C@@H]1NC(=O)BC. The van der Waals surface area contributed by atoms with Gasteiger partial charge >= 0.3 is 0 Å². The molecule has 1 rings (SSSR count). The van der Waals surface area contributed by atoms with E-state index in [4.69, 9.17) is 1.41 Å². The molecular weight excluding hydrogens is 269 g/mol. The van der Waals surface area contributed by atoms with Gasteiger partial charge in [-0.15, -0.1) is 0 Å². The molecule has 4 N–H and O–H groups in total. The monoisotopic (exact) mass is 290 g/mol. The van der Waals surface area contributed by atoms with Crippen LogP contribution in [0, 0.1) is 5.92 Å². The van der Waals surface area contributed by atoms with Crippen LogP contribution in [0.3, 0.4) is 0 Å². The van der Waals surface area contributed by atoms with Crippen molar-refractivity contribution in [3.05, 3.63) is 0 Å². The number of sulfonamides is 1. The summed E-state index contributed by atoms with van der Waals surface area (Å²) in [4.78, 5) is 23.1. The van der Waals surface area contributed by atoms with Crippen molar-refractivity contribution in [3.8, 4) is 0 Å². The van der Waals surface area contributed by atoms with Crippen molar-refractivity contribution in [2.24, 2.45) is 11.6 Å². The van der Waals surface area contributed by atoms with Crippen LogP contribution in [0.4, 0.5) is 4.79 Å². The maximum Gasteiger partial charge on any atom is 0.230 e. The lowest BCUT2D eigenvalue weighted by molar-refractivity contribution is -0.122. The van der Waals surface area contributed by atoms with Crippen LogP contribution in [0.5, 0.6) is 0 Å². The molecule has 3 atom stereocenters. The van der Waals surface area contributed by atoms with Gasteiger partial charge in [0.1, 0.15) is 0 Å². The standard InChI is InChI=1S/C10H20BN3O4S/c1-3-19(17,18)14-6-4-7(9(12)15)8(5-6)13-10(16)11-2/h6-8,11,14H,3-5H2,1-2H3,(H2,12,15)(H,13,16)/t6?,7-,8-/m0/s1/i/hD. The number of nitrogens with two attached hydrogens (primary N) is 1. The number of rotatable bonds is 6. The molecule has 0 aromatic heterocycles.